The van der Waals surface area contributed by atoms with Gasteiger partial charge in [-0.05, 0) is 43.3 Å². The Morgan fingerprint density at radius 2 is 2.00 bits per heavy atom. The van der Waals surface area contributed by atoms with Crippen LogP contribution in [0.4, 0.5) is 0 Å². The van der Waals surface area contributed by atoms with Crippen LogP contribution >= 0.6 is 22.9 Å². The predicted octanol–water partition coefficient (Wildman–Crippen LogP) is 5.52. The topological polar surface area (TPSA) is 83.6 Å². The Morgan fingerprint density at radius 1 is 1.15 bits per heavy atom. The van der Waals surface area contributed by atoms with E-state index >= 15 is 0 Å². The highest BCUT2D eigenvalue weighted by Crippen LogP contribution is 2.32. The number of esters is 1. The van der Waals surface area contributed by atoms with E-state index in [2.05, 4.69) is 5.10 Å². The summed E-state index contributed by atoms with van der Waals surface area (Å²) in [6.07, 6.45) is 0. The number of carbonyl (C=O) groups is 1. The molecule has 5 aromatic rings. The number of thiophene rings is 1. The summed E-state index contributed by atoms with van der Waals surface area (Å²) in [6.45, 7) is 1.82. The molecule has 0 amide bonds. The zero-order valence-corrected chi connectivity index (χ0v) is 19.2. The Labute approximate surface area is 196 Å². The molecule has 0 aliphatic carbocycles. The Bertz CT molecular complexity index is 1580. The minimum absolute atomic E-state index is 0.0685. The molecule has 0 spiro atoms. The molecule has 3 aromatic heterocycles. The standard InChI is InChI=1S/C24H17ClN2O5S/c1-13-19-11-21(33-23(19)27(26-13)16-5-3-4-15(25)9-16)24(29)31-12-14-8-22(28)32-20-10-17(30-2)6-7-18(14)20/h3-11H,12H2,1-2H3. The van der Waals surface area contributed by atoms with Crippen molar-refractivity contribution in [1.29, 1.82) is 0 Å². The van der Waals surface area contributed by atoms with Crippen LogP contribution < -0.4 is 10.4 Å². The van der Waals surface area contributed by atoms with Crippen LogP contribution in [0, 0.1) is 6.92 Å². The van der Waals surface area contributed by atoms with E-state index in [-0.39, 0.29) is 6.61 Å². The van der Waals surface area contributed by atoms with Crippen LogP contribution in [0.2, 0.25) is 5.02 Å². The Morgan fingerprint density at radius 3 is 2.79 bits per heavy atom. The van der Waals surface area contributed by atoms with Gasteiger partial charge in [0.1, 0.15) is 27.6 Å². The van der Waals surface area contributed by atoms with Crippen molar-refractivity contribution >= 4 is 50.1 Å². The molecule has 0 bridgehead atoms. The van der Waals surface area contributed by atoms with Crippen LogP contribution in [-0.2, 0) is 11.3 Å². The smallest absolute Gasteiger partial charge is 0.348 e. The van der Waals surface area contributed by atoms with E-state index in [1.54, 1.807) is 35.0 Å². The van der Waals surface area contributed by atoms with E-state index in [0.29, 0.717) is 32.2 Å². The van der Waals surface area contributed by atoms with Crippen molar-refractivity contribution in [2.45, 2.75) is 13.5 Å². The molecular formula is C24H17ClN2O5S. The Kier molecular flexibility index (Phi) is 5.39. The number of benzene rings is 2. The summed E-state index contributed by atoms with van der Waals surface area (Å²) in [5, 5.41) is 6.71. The average Bonchev–Trinajstić information content (AvgIpc) is 3.37. The predicted molar refractivity (Wildman–Crippen MR) is 127 cm³/mol. The number of fused-ring (bicyclic) bond motifs is 2. The molecule has 2 aromatic carbocycles. The Hall–Kier alpha value is -3.62. The van der Waals surface area contributed by atoms with Gasteiger partial charge in [-0.15, -0.1) is 11.3 Å². The van der Waals surface area contributed by atoms with Gasteiger partial charge in [-0.25, -0.2) is 14.3 Å². The van der Waals surface area contributed by atoms with Crippen molar-refractivity contribution in [3.05, 3.63) is 86.2 Å². The summed E-state index contributed by atoms with van der Waals surface area (Å²) in [5.41, 5.74) is 1.99. The maximum absolute atomic E-state index is 12.8. The number of hydrogen-bond acceptors (Lipinski definition) is 7. The SMILES string of the molecule is COc1ccc2c(COC(=O)c3cc4c(C)nn(-c5cccc(Cl)c5)c4s3)cc(=O)oc2c1. The minimum atomic E-state index is -0.527. The molecular weight excluding hydrogens is 464 g/mol. The summed E-state index contributed by atoms with van der Waals surface area (Å²) in [7, 11) is 1.53. The van der Waals surface area contributed by atoms with Gasteiger partial charge in [-0.1, -0.05) is 17.7 Å². The molecule has 0 radical (unpaired) electrons. The second-order valence-electron chi connectivity index (χ2n) is 7.34. The average molecular weight is 481 g/mol. The molecule has 0 aliphatic heterocycles. The number of methoxy groups -OCH3 is 1. The van der Waals surface area contributed by atoms with Crippen molar-refractivity contribution in [3.8, 4) is 11.4 Å². The third kappa shape index (κ3) is 3.99. The molecule has 0 atom stereocenters. The number of halogens is 1. The van der Waals surface area contributed by atoms with Gasteiger partial charge in [0.05, 0.1) is 18.5 Å². The molecule has 5 rings (SSSR count). The number of aromatic nitrogens is 2. The zero-order valence-electron chi connectivity index (χ0n) is 17.6. The summed E-state index contributed by atoms with van der Waals surface area (Å²) in [4.78, 5) is 26.1. The lowest BCUT2D eigenvalue weighted by Gasteiger charge is -2.07. The zero-order chi connectivity index (χ0) is 23.1. The molecule has 0 saturated heterocycles. The summed E-state index contributed by atoms with van der Waals surface area (Å²) in [5.74, 6) is 0.0809. The Balaban J connectivity index is 1.44. The summed E-state index contributed by atoms with van der Waals surface area (Å²) in [6, 6.07) is 15.6. The second kappa shape index (κ2) is 8.38. The fraction of sp³-hybridized carbons (Fsp3) is 0.125. The molecule has 0 fully saturated rings. The van der Waals surface area contributed by atoms with E-state index in [9.17, 15) is 9.59 Å². The molecule has 9 heteroatoms. The van der Waals surface area contributed by atoms with E-state index in [1.165, 1.54) is 24.5 Å². The van der Waals surface area contributed by atoms with Crippen molar-refractivity contribution in [2.24, 2.45) is 0 Å². The van der Waals surface area contributed by atoms with Gasteiger partial charge in [-0.3, -0.25) is 0 Å². The highest BCUT2D eigenvalue weighted by Gasteiger charge is 2.19. The number of nitrogens with zero attached hydrogens (tertiary/aromatic N) is 2. The van der Waals surface area contributed by atoms with E-state index in [0.717, 1.165) is 21.6 Å². The molecule has 0 unspecified atom stereocenters. The fourth-order valence-corrected chi connectivity index (χ4v) is 4.86. The van der Waals surface area contributed by atoms with E-state index < -0.39 is 11.6 Å². The van der Waals surface area contributed by atoms with Crippen LogP contribution in [0.3, 0.4) is 0 Å². The first-order chi connectivity index (χ1) is 15.9. The van der Waals surface area contributed by atoms with Crippen LogP contribution in [0.25, 0.3) is 26.9 Å². The third-order valence-corrected chi connectivity index (χ3v) is 6.52. The molecule has 166 valence electrons. The highest BCUT2D eigenvalue weighted by atomic mass is 35.5. The second-order valence-corrected chi connectivity index (χ2v) is 8.80. The van der Waals surface area contributed by atoms with Crippen LogP contribution in [-0.4, -0.2) is 22.9 Å². The molecule has 7 nitrogen and oxygen atoms in total. The van der Waals surface area contributed by atoms with Crippen LogP contribution in [0.5, 0.6) is 5.75 Å². The van der Waals surface area contributed by atoms with Gasteiger partial charge >= 0.3 is 11.6 Å². The molecule has 33 heavy (non-hydrogen) atoms. The lowest BCUT2D eigenvalue weighted by molar-refractivity contribution is 0.0479. The summed E-state index contributed by atoms with van der Waals surface area (Å²) < 4.78 is 17.7. The van der Waals surface area contributed by atoms with Gasteiger partial charge < -0.3 is 13.9 Å². The first-order valence-electron chi connectivity index (χ1n) is 9.96. The lowest BCUT2D eigenvalue weighted by atomic mass is 10.1. The minimum Gasteiger partial charge on any atom is -0.497 e. The van der Waals surface area contributed by atoms with Crippen LogP contribution in [0.15, 0.2) is 63.8 Å². The number of ether oxygens (including phenoxy) is 2. The normalized spacial score (nSPS) is 11.2. The number of rotatable bonds is 5. The largest absolute Gasteiger partial charge is 0.497 e. The van der Waals surface area contributed by atoms with Crippen molar-refractivity contribution < 1.29 is 18.7 Å². The van der Waals surface area contributed by atoms with Crippen molar-refractivity contribution in [2.75, 3.05) is 7.11 Å². The first-order valence-corrected chi connectivity index (χ1v) is 11.2. The molecule has 0 saturated carbocycles. The molecule has 0 N–H and O–H groups in total. The molecule has 3 heterocycles. The van der Waals surface area contributed by atoms with E-state index in [1.807, 2.05) is 25.1 Å². The quantitative estimate of drug-likeness (QED) is 0.243. The van der Waals surface area contributed by atoms with Crippen molar-refractivity contribution in [1.82, 2.24) is 9.78 Å². The monoisotopic (exact) mass is 480 g/mol. The summed E-state index contributed by atoms with van der Waals surface area (Å²) >= 11 is 7.42. The number of carbonyl (C=O) groups excluding carboxylic acids is 1. The van der Waals surface area contributed by atoms with Gasteiger partial charge in [0.2, 0.25) is 0 Å². The maximum atomic E-state index is 12.8. The number of hydrogen-bond donors (Lipinski definition) is 0. The van der Waals surface area contributed by atoms with E-state index in [4.69, 9.17) is 25.5 Å². The third-order valence-electron chi connectivity index (χ3n) is 5.19. The van der Waals surface area contributed by atoms with Gasteiger partial charge in [0.25, 0.3) is 0 Å². The molecule has 0 aliphatic rings. The highest BCUT2D eigenvalue weighted by molar-refractivity contribution is 7.20. The lowest BCUT2D eigenvalue weighted by Crippen LogP contribution is -2.07. The maximum Gasteiger partial charge on any atom is 0.348 e. The first kappa shape index (κ1) is 21.2. The van der Waals surface area contributed by atoms with Gasteiger partial charge in [-0.2, -0.15) is 5.10 Å². The van der Waals surface area contributed by atoms with Gasteiger partial charge in [0.15, 0.2) is 0 Å². The van der Waals surface area contributed by atoms with Crippen molar-refractivity contribution in [3.63, 3.8) is 0 Å². The fourth-order valence-electron chi connectivity index (χ4n) is 3.60. The van der Waals surface area contributed by atoms with Gasteiger partial charge in [0, 0.05) is 33.5 Å². The number of aryl methyl sites for hydroxylation is 1. The van der Waals surface area contributed by atoms with Crippen LogP contribution in [0.1, 0.15) is 20.9 Å².